The molecular formula is C16H21BrN2O2. The number of halogens is 1. The Bertz CT molecular complexity index is 593. The maximum absolute atomic E-state index is 12.6. The molecular weight excluding hydrogens is 332 g/mol. The van der Waals surface area contributed by atoms with Gasteiger partial charge in [-0.15, -0.1) is 0 Å². The molecule has 2 aromatic rings. The van der Waals surface area contributed by atoms with Crippen LogP contribution in [0.1, 0.15) is 32.4 Å². The van der Waals surface area contributed by atoms with Crippen LogP contribution in [-0.2, 0) is 11.2 Å². The first-order valence-electron chi connectivity index (χ1n) is 7.39. The van der Waals surface area contributed by atoms with E-state index >= 15 is 0 Å². The van der Waals surface area contributed by atoms with Gasteiger partial charge in [-0.2, -0.15) is 0 Å². The first-order chi connectivity index (χ1) is 10.2. The lowest BCUT2D eigenvalue weighted by molar-refractivity contribution is -0.132. The Labute approximate surface area is 133 Å². The molecule has 2 rings (SSSR count). The van der Waals surface area contributed by atoms with Gasteiger partial charge in [-0.05, 0) is 25.0 Å². The van der Waals surface area contributed by atoms with E-state index in [1.807, 2.05) is 29.2 Å². The second kappa shape index (κ2) is 7.59. The molecule has 0 bridgehead atoms. The van der Waals surface area contributed by atoms with Gasteiger partial charge in [-0.1, -0.05) is 47.1 Å². The molecule has 0 saturated carbocycles. The topological polar surface area (TPSA) is 46.3 Å². The van der Waals surface area contributed by atoms with Crippen LogP contribution in [0.25, 0.3) is 11.0 Å². The van der Waals surface area contributed by atoms with E-state index in [9.17, 15) is 4.79 Å². The van der Waals surface area contributed by atoms with Gasteiger partial charge in [0.15, 0.2) is 5.58 Å². The molecule has 0 radical (unpaired) electrons. The summed E-state index contributed by atoms with van der Waals surface area (Å²) in [4.78, 5) is 14.6. The third-order valence-electron chi connectivity index (χ3n) is 3.80. The Morgan fingerprint density at radius 3 is 2.71 bits per heavy atom. The lowest BCUT2D eigenvalue weighted by Gasteiger charge is -2.30. The molecule has 0 spiro atoms. The predicted octanol–water partition coefficient (Wildman–Crippen LogP) is 3.78. The second-order valence-electron chi connectivity index (χ2n) is 5.05. The third kappa shape index (κ3) is 3.64. The largest absolute Gasteiger partial charge is 0.356 e. The Hall–Kier alpha value is -1.36. The van der Waals surface area contributed by atoms with Crippen molar-refractivity contribution in [2.75, 3.05) is 11.9 Å². The van der Waals surface area contributed by atoms with Crippen LogP contribution in [0, 0.1) is 0 Å². The van der Waals surface area contributed by atoms with E-state index < -0.39 is 0 Å². The van der Waals surface area contributed by atoms with E-state index in [1.54, 1.807) is 0 Å². The van der Waals surface area contributed by atoms with E-state index in [2.05, 4.69) is 34.9 Å². The molecule has 114 valence electrons. The number of aromatic nitrogens is 1. The van der Waals surface area contributed by atoms with Crippen molar-refractivity contribution >= 4 is 32.8 Å². The number of hydrogen-bond acceptors (Lipinski definition) is 3. The van der Waals surface area contributed by atoms with Crippen molar-refractivity contribution in [3.8, 4) is 0 Å². The molecule has 1 amide bonds. The van der Waals surface area contributed by atoms with Crippen molar-refractivity contribution in [1.82, 2.24) is 10.1 Å². The Morgan fingerprint density at radius 1 is 1.33 bits per heavy atom. The number of para-hydroxylation sites is 1. The van der Waals surface area contributed by atoms with E-state index in [1.165, 1.54) is 0 Å². The standard InChI is InChI=1S/C16H21BrN2O2/c1-3-12(4-2)19(10-9-17)16(20)11-14-13-7-5-6-8-15(13)21-18-14/h5-8,12H,3-4,9-11H2,1-2H3. The third-order valence-corrected chi connectivity index (χ3v) is 4.15. The van der Waals surface area contributed by atoms with Crippen molar-refractivity contribution in [3.63, 3.8) is 0 Å². The van der Waals surface area contributed by atoms with Gasteiger partial charge in [0.2, 0.25) is 5.91 Å². The molecule has 0 aliphatic carbocycles. The van der Waals surface area contributed by atoms with Gasteiger partial charge in [0.1, 0.15) is 5.69 Å². The SMILES string of the molecule is CCC(CC)N(CCBr)C(=O)Cc1noc2ccccc12. The van der Waals surface area contributed by atoms with Crippen LogP contribution in [-0.4, -0.2) is 33.9 Å². The van der Waals surface area contributed by atoms with Crippen LogP contribution >= 0.6 is 15.9 Å². The van der Waals surface area contributed by atoms with Gasteiger partial charge in [0, 0.05) is 23.3 Å². The zero-order valence-electron chi connectivity index (χ0n) is 12.5. The highest BCUT2D eigenvalue weighted by Gasteiger charge is 2.22. The van der Waals surface area contributed by atoms with Gasteiger partial charge in [0.25, 0.3) is 0 Å². The Balaban J connectivity index is 2.18. The fourth-order valence-electron chi connectivity index (χ4n) is 2.64. The summed E-state index contributed by atoms with van der Waals surface area (Å²) in [6.07, 6.45) is 2.23. The first kappa shape index (κ1) is 16.0. The molecule has 1 aromatic carbocycles. The van der Waals surface area contributed by atoms with E-state index in [-0.39, 0.29) is 11.9 Å². The van der Waals surface area contributed by atoms with Gasteiger partial charge >= 0.3 is 0 Å². The van der Waals surface area contributed by atoms with Crippen molar-refractivity contribution in [1.29, 1.82) is 0 Å². The molecule has 0 saturated heterocycles. The zero-order valence-corrected chi connectivity index (χ0v) is 14.1. The van der Waals surface area contributed by atoms with Gasteiger partial charge in [0.05, 0.1) is 6.42 Å². The normalized spacial score (nSPS) is 11.2. The summed E-state index contributed by atoms with van der Waals surface area (Å²) in [7, 11) is 0. The van der Waals surface area contributed by atoms with E-state index in [0.29, 0.717) is 6.42 Å². The van der Waals surface area contributed by atoms with Crippen LogP contribution in [0.3, 0.4) is 0 Å². The summed E-state index contributed by atoms with van der Waals surface area (Å²) >= 11 is 3.43. The molecule has 0 atom stereocenters. The van der Waals surface area contributed by atoms with Crippen LogP contribution < -0.4 is 0 Å². The van der Waals surface area contributed by atoms with E-state index in [0.717, 1.165) is 41.4 Å². The number of benzene rings is 1. The minimum absolute atomic E-state index is 0.113. The highest BCUT2D eigenvalue weighted by Crippen LogP contribution is 2.20. The predicted molar refractivity (Wildman–Crippen MR) is 87.6 cm³/mol. The number of carbonyl (C=O) groups excluding carboxylic acids is 1. The van der Waals surface area contributed by atoms with Gasteiger partial charge < -0.3 is 9.42 Å². The number of nitrogens with zero attached hydrogens (tertiary/aromatic N) is 2. The van der Waals surface area contributed by atoms with E-state index in [4.69, 9.17) is 4.52 Å². The molecule has 21 heavy (non-hydrogen) atoms. The number of alkyl halides is 1. The fourth-order valence-corrected chi connectivity index (χ4v) is 3.02. The molecule has 0 unspecified atom stereocenters. The molecule has 4 nitrogen and oxygen atoms in total. The Morgan fingerprint density at radius 2 is 2.05 bits per heavy atom. The van der Waals surface area contributed by atoms with Crippen molar-refractivity contribution in [3.05, 3.63) is 30.0 Å². The van der Waals surface area contributed by atoms with Crippen molar-refractivity contribution in [2.45, 2.75) is 39.2 Å². The smallest absolute Gasteiger partial charge is 0.229 e. The van der Waals surface area contributed by atoms with Gasteiger partial charge in [-0.3, -0.25) is 4.79 Å². The van der Waals surface area contributed by atoms with Crippen LogP contribution in [0.15, 0.2) is 28.8 Å². The quantitative estimate of drug-likeness (QED) is 0.712. The number of fused-ring (bicyclic) bond motifs is 1. The first-order valence-corrected chi connectivity index (χ1v) is 8.52. The summed E-state index contributed by atoms with van der Waals surface area (Å²) in [6, 6.07) is 7.94. The van der Waals surface area contributed by atoms with Crippen LogP contribution in [0.4, 0.5) is 0 Å². The average Bonchev–Trinajstić information content (AvgIpc) is 2.91. The molecule has 0 aliphatic rings. The fraction of sp³-hybridized carbons (Fsp3) is 0.500. The maximum Gasteiger partial charge on any atom is 0.229 e. The van der Waals surface area contributed by atoms with Crippen molar-refractivity contribution in [2.24, 2.45) is 0 Å². The van der Waals surface area contributed by atoms with Crippen molar-refractivity contribution < 1.29 is 9.32 Å². The molecule has 1 aromatic heterocycles. The molecule has 1 heterocycles. The average molecular weight is 353 g/mol. The highest BCUT2D eigenvalue weighted by atomic mass is 79.9. The summed E-state index contributed by atoms with van der Waals surface area (Å²) in [6.45, 7) is 4.96. The number of carbonyl (C=O) groups is 1. The monoisotopic (exact) mass is 352 g/mol. The molecule has 0 aliphatic heterocycles. The molecule has 5 heteroatoms. The minimum atomic E-state index is 0.113. The summed E-state index contributed by atoms with van der Waals surface area (Å²) < 4.78 is 5.27. The number of hydrogen-bond donors (Lipinski definition) is 0. The maximum atomic E-state index is 12.6. The summed E-state index contributed by atoms with van der Waals surface area (Å²) in [5, 5.41) is 5.77. The Kier molecular flexibility index (Phi) is 5.79. The second-order valence-corrected chi connectivity index (χ2v) is 5.84. The molecule has 0 N–H and O–H groups in total. The summed E-state index contributed by atoms with van der Waals surface area (Å²) in [5.74, 6) is 0.113. The highest BCUT2D eigenvalue weighted by molar-refractivity contribution is 9.09. The number of rotatable bonds is 7. The lowest BCUT2D eigenvalue weighted by Crippen LogP contribution is -2.41. The molecule has 0 fully saturated rings. The van der Waals surface area contributed by atoms with Gasteiger partial charge in [-0.25, -0.2) is 0 Å². The van der Waals surface area contributed by atoms with Crippen LogP contribution in [0.2, 0.25) is 0 Å². The number of amides is 1. The summed E-state index contributed by atoms with van der Waals surface area (Å²) in [5.41, 5.74) is 1.45. The van der Waals surface area contributed by atoms with Crippen LogP contribution in [0.5, 0.6) is 0 Å². The lowest BCUT2D eigenvalue weighted by atomic mass is 10.1. The zero-order chi connectivity index (χ0) is 15.2. The minimum Gasteiger partial charge on any atom is -0.356 e.